The third-order valence-corrected chi connectivity index (χ3v) is 4.49. The Hall–Kier alpha value is -1.99. The van der Waals surface area contributed by atoms with Crippen molar-refractivity contribution in [1.82, 2.24) is 10.2 Å². The van der Waals surface area contributed by atoms with Crippen LogP contribution >= 0.6 is 11.6 Å². The molecule has 1 aromatic carbocycles. The fourth-order valence-corrected chi connectivity index (χ4v) is 3.12. The normalized spacial score (nSPS) is 19.2. The standard InChI is InChI=1S/C17H24ClN3O4/c1-3-21(10-16(22)23)13-7-12(8-13)20-17(24)19-11-5-6-15(25-4-2)14(18)9-11/h5-6,9,12-13H,3-4,7-8,10H2,1-2H3,(H,22,23)(H2,19,20,24). The van der Waals surface area contributed by atoms with Gasteiger partial charge in [0.25, 0.3) is 0 Å². The minimum atomic E-state index is -0.830. The minimum absolute atomic E-state index is 0.0325. The average Bonchev–Trinajstić information content (AvgIpc) is 2.51. The van der Waals surface area contributed by atoms with Gasteiger partial charge in [-0.05, 0) is 44.5 Å². The summed E-state index contributed by atoms with van der Waals surface area (Å²) in [6.07, 6.45) is 1.50. The van der Waals surface area contributed by atoms with E-state index >= 15 is 0 Å². The summed E-state index contributed by atoms with van der Waals surface area (Å²) < 4.78 is 5.35. The average molecular weight is 370 g/mol. The summed E-state index contributed by atoms with van der Waals surface area (Å²) in [5.74, 6) is -0.251. The van der Waals surface area contributed by atoms with Gasteiger partial charge in [0, 0.05) is 17.8 Å². The van der Waals surface area contributed by atoms with Crippen LogP contribution in [0.4, 0.5) is 10.5 Å². The molecule has 1 saturated carbocycles. The predicted molar refractivity (Wildman–Crippen MR) is 96.5 cm³/mol. The molecule has 1 fully saturated rings. The molecule has 0 atom stereocenters. The second-order valence-electron chi connectivity index (χ2n) is 5.96. The molecule has 25 heavy (non-hydrogen) atoms. The van der Waals surface area contributed by atoms with Gasteiger partial charge >= 0.3 is 12.0 Å². The summed E-state index contributed by atoms with van der Waals surface area (Å²) in [5.41, 5.74) is 0.586. The zero-order valence-corrected chi connectivity index (χ0v) is 15.2. The number of nitrogens with zero attached hydrogens (tertiary/aromatic N) is 1. The summed E-state index contributed by atoms with van der Waals surface area (Å²) in [5, 5.41) is 15.0. The number of benzene rings is 1. The number of halogens is 1. The van der Waals surface area contributed by atoms with Crippen LogP contribution < -0.4 is 15.4 Å². The van der Waals surface area contributed by atoms with Gasteiger partial charge in [0.1, 0.15) is 5.75 Å². The molecule has 0 aromatic heterocycles. The Morgan fingerprint density at radius 1 is 1.36 bits per heavy atom. The van der Waals surface area contributed by atoms with Crippen molar-refractivity contribution >= 4 is 29.3 Å². The first-order chi connectivity index (χ1) is 11.9. The number of ether oxygens (including phenoxy) is 1. The van der Waals surface area contributed by atoms with Crippen molar-refractivity contribution in [2.24, 2.45) is 0 Å². The summed E-state index contributed by atoms with van der Waals surface area (Å²) in [6.45, 7) is 5.04. The maximum Gasteiger partial charge on any atom is 0.319 e. The number of anilines is 1. The van der Waals surface area contributed by atoms with Crippen LogP contribution in [0, 0.1) is 0 Å². The zero-order valence-electron chi connectivity index (χ0n) is 14.4. The molecule has 0 spiro atoms. The zero-order chi connectivity index (χ0) is 18.4. The van der Waals surface area contributed by atoms with E-state index in [-0.39, 0.29) is 24.7 Å². The molecule has 0 aliphatic heterocycles. The summed E-state index contributed by atoms with van der Waals surface area (Å²) in [4.78, 5) is 24.8. The quantitative estimate of drug-likeness (QED) is 0.655. The first-order valence-electron chi connectivity index (χ1n) is 8.38. The van der Waals surface area contributed by atoms with Crippen molar-refractivity contribution in [1.29, 1.82) is 0 Å². The Bertz CT molecular complexity index is 620. The summed E-state index contributed by atoms with van der Waals surface area (Å²) >= 11 is 6.10. The number of amides is 2. The highest BCUT2D eigenvalue weighted by Gasteiger charge is 2.34. The van der Waals surface area contributed by atoms with Gasteiger partial charge in [0.05, 0.1) is 18.2 Å². The van der Waals surface area contributed by atoms with E-state index in [2.05, 4.69) is 10.6 Å². The molecule has 0 bridgehead atoms. The van der Waals surface area contributed by atoms with E-state index in [1.54, 1.807) is 18.2 Å². The second kappa shape index (κ2) is 8.92. The van der Waals surface area contributed by atoms with E-state index in [1.165, 1.54) is 0 Å². The number of likely N-dealkylation sites (N-methyl/N-ethyl adjacent to an activating group) is 1. The number of hydrogen-bond donors (Lipinski definition) is 3. The molecular formula is C17H24ClN3O4. The van der Waals surface area contributed by atoms with E-state index < -0.39 is 5.97 Å². The first-order valence-corrected chi connectivity index (χ1v) is 8.76. The van der Waals surface area contributed by atoms with Crippen LogP contribution in [0.2, 0.25) is 5.02 Å². The van der Waals surface area contributed by atoms with Gasteiger partial charge in [-0.2, -0.15) is 0 Å². The van der Waals surface area contributed by atoms with Gasteiger partial charge in [-0.25, -0.2) is 4.79 Å². The van der Waals surface area contributed by atoms with Crippen LogP contribution in [0.25, 0.3) is 0 Å². The lowest BCUT2D eigenvalue weighted by atomic mass is 9.85. The number of urea groups is 1. The molecule has 1 aliphatic carbocycles. The summed E-state index contributed by atoms with van der Waals surface area (Å²) in [6, 6.07) is 5.03. The Kier molecular flexibility index (Phi) is 6.90. The summed E-state index contributed by atoms with van der Waals surface area (Å²) in [7, 11) is 0. The Balaban J connectivity index is 1.78. The van der Waals surface area contributed by atoms with Crippen LogP contribution in [-0.2, 0) is 4.79 Å². The molecule has 138 valence electrons. The van der Waals surface area contributed by atoms with Crippen molar-refractivity contribution in [3.05, 3.63) is 23.2 Å². The topological polar surface area (TPSA) is 90.9 Å². The number of carboxylic acid groups (broad SMARTS) is 1. The van der Waals surface area contributed by atoms with Crippen molar-refractivity contribution < 1.29 is 19.4 Å². The molecule has 0 saturated heterocycles. The van der Waals surface area contributed by atoms with Gasteiger partial charge < -0.3 is 20.5 Å². The number of nitrogens with one attached hydrogen (secondary N) is 2. The Morgan fingerprint density at radius 3 is 2.64 bits per heavy atom. The molecule has 2 rings (SSSR count). The van der Waals surface area contributed by atoms with Gasteiger partial charge in [-0.1, -0.05) is 18.5 Å². The number of carboxylic acids is 1. The first kappa shape index (κ1) is 19.3. The molecule has 1 aromatic rings. The molecule has 8 heteroatoms. The number of carbonyl (C=O) groups is 2. The van der Waals surface area contributed by atoms with Crippen LogP contribution in [0.1, 0.15) is 26.7 Å². The molecule has 0 unspecified atom stereocenters. The van der Waals surface area contributed by atoms with E-state index in [0.717, 1.165) is 12.8 Å². The third kappa shape index (κ3) is 5.51. The third-order valence-electron chi connectivity index (χ3n) is 4.20. The van der Waals surface area contributed by atoms with Crippen molar-refractivity contribution in [3.63, 3.8) is 0 Å². The van der Waals surface area contributed by atoms with Gasteiger partial charge in [-0.15, -0.1) is 0 Å². The fraction of sp³-hybridized carbons (Fsp3) is 0.529. The lowest BCUT2D eigenvalue weighted by Gasteiger charge is -2.42. The Morgan fingerprint density at radius 2 is 2.08 bits per heavy atom. The fourth-order valence-electron chi connectivity index (χ4n) is 2.88. The maximum absolute atomic E-state index is 12.1. The smallest absolute Gasteiger partial charge is 0.319 e. The van der Waals surface area contributed by atoms with Crippen LogP contribution in [0.5, 0.6) is 5.75 Å². The van der Waals surface area contributed by atoms with E-state index in [1.807, 2.05) is 18.7 Å². The Labute approximate surface area is 152 Å². The van der Waals surface area contributed by atoms with Crippen molar-refractivity contribution in [3.8, 4) is 5.75 Å². The lowest BCUT2D eigenvalue weighted by Crippen LogP contribution is -2.55. The number of aliphatic carboxylic acids is 1. The highest BCUT2D eigenvalue weighted by Crippen LogP contribution is 2.28. The lowest BCUT2D eigenvalue weighted by molar-refractivity contribution is -0.139. The predicted octanol–water partition coefficient (Wildman–Crippen LogP) is 2.80. The number of rotatable bonds is 8. The number of carbonyl (C=O) groups excluding carboxylic acids is 1. The maximum atomic E-state index is 12.1. The second-order valence-corrected chi connectivity index (χ2v) is 6.36. The largest absolute Gasteiger partial charge is 0.492 e. The molecule has 7 nitrogen and oxygen atoms in total. The van der Waals surface area contributed by atoms with Crippen LogP contribution in [0.3, 0.4) is 0 Å². The van der Waals surface area contributed by atoms with E-state index in [0.29, 0.717) is 29.6 Å². The van der Waals surface area contributed by atoms with Gasteiger partial charge in [0.15, 0.2) is 0 Å². The highest BCUT2D eigenvalue weighted by atomic mass is 35.5. The monoisotopic (exact) mass is 369 g/mol. The van der Waals surface area contributed by atoms with Gasteiger partial charge in [-0.3, -0.25) is 9.69 Å². The molecule has 3 N–H and O–H groups in total. The van der Waals surface area contributed by atoms with Crippen LogP contribution in [0.15, 0.2) is 18.2 Å². The highest BCUT2D eigenvalue weighted by molar-refractivity contribution is 6.32. The number of hydrogen-bond acceptors (Lipinski definition) is 4. The van der Waals surface area contributed by atoms with Gasteiger partial charge in [0.2, 0.25) is 0 Å². The minimum Gasteiger partial charge on any atom is -0.492 e. The molecule has 0 radical (unpaired) electrons. The van der Waals surface area contributed by atoms with Crippen LogP contribution in [-0.4, -0.2) is 53.8 Å². The van der Waals surface area contributed by atoms with Crippen molar-refractivity contribution in [2.45, 2.75) is 38.8 Å². The molecule has 0 heterocycles. The SMILES string of the molecule is CCOc1ccc(NC(=O)NC2CC(N(CC)CC(=O)O)C2)cc1Cl. The molecule has 1 aliphatic rings. The van der Waals surface area contributed by atoms with E-state index in [4.69, 9.17) is 21.4 Å². The molecular weight excluding hydrogens is 346 g/mol. The van der Waals surface area contributed by atoms with E-state index in [9.17, 15) is 9.59 Å². The van der Waals surface area contributed by atoms with Crippen molar-refractivity contribution in [2.75, 3.05) is 25.0 Å². The molecule has 2 amide bonds.